The first-order valence-electron chi connectivity index (χ1n) is 5.09. The minimum Gasteiger partial charge on any atom is -0.295 e. The van der Waals surface area contributed by atoms with Crippen LogP contribution in [0.1, 0.15) is 33.1 Å². The summed E-state index contributed by atoms with van der Waals surface area (Å²) in [6.07, 6.45) is 2.18. The first kappa shape index (κ1) is 9.38. The molecule has 0 aromatic rings. The van der Waals surface area contributed by atoms with Crippen molar-refractivity contribution >= 4 is 0 Å². The molecule has 0 atom stereocenters. The van der Waals surface area contributed by atoms with Gasteiger partial charge in [0.25, 0.3) is 5.92 Å². The van der Waals surface area contributed by atoms with Gasteiger partial charge in [-0.3, -0.25) is 4.90 Å². The molecule has 2 aliphatic rings. The molecule has 13 heavy (non-hydrogen) atoms. The van der Waals surface area contributed by atoms with Crippen LogP contribution in [0.5, 0.6) is 0 Å². The van der Waals surface area contributed by atoms with Gasteiger partial charge in [0.05, 0.1) is 6.54 Å². The van der Waals surface area contributed by atoms with Crippen LogP contribution >= 0.6 is 0 Å². The van der Waals surface area contributed by atoms with Crippen molar-refractivity contribution in [3.8, 4) is 0 Å². The largest absolute Gasteiger partial charge is 0.295 e. The highest BCUT2D eigenvalue weighted by molar-refractivity contribution is 5.07. The van der Waals surface area contributed by atoms with Crippen LogP contribution in [0.15, 0.2) is 0 Å². The van der Waals surface area contributed by atoms with Gasteiger partial charge < -0.3 is 0 Å². The van der Waals surface area contributed by atoms with Crippen molar-refractivity contribution in [2.75, 3.05) is 13.1 Å². The van der Waals surface area contributed by atoms with E-state index in [-0.39, 0.29) is 12.6 Å². The van der Waals surface area contributed by atoms with Crippen molar-refractivity contribution in [2.24, 2.45) is 5.41 Å². The zero-order valence-corrected chi connectivity index (χ0v) is 8.32. The fraction of sp³-hybridized carbons (Fsp3) is 1.00. The Morgan fingerprint density at radius 3 is 2.15 bits per heavy atom. The van der Waals surface area contributed by atoms with E-state index in [1.807, 2.05) is 18.7 Å². The summed E-state index contributed by atoms with van der Waals surface area (Å²) in [5, 5.41) is 0. The maximum Gasteiger partial charge on any atom is 0.266 e. The van der Waals surface area contributed by atoms with Gasteiger partial charge in [-0.1, -0.05) is 0 Å². The third kappa shape index (κ3) is 1.37. The maximum absolute atomic E-state index is 13.6. The van der Waals surface area contributed by atoms with E-state index < -0.39 is 11.3 Å². The zero-order valence-electron chi connectivity index (χ0n) is 8.32. The number of likely N-dealkylation sites (tertiary alicyclic amines) is 1. The molecule has 0 aromatic heterocycles. The lowest BCUT2D eigenvalue weighted by Crippen LogP contribution is -2.51. The van der Waals surface area contributed by atoms with Crippen LogP contribution in [0.2, 0.25) is 0 Å². The molecule has 1 aliphatic carbocycles. The van der Waals surface area contributed by atoms with Gasteiger partial charge in [-0.05, 0) is 39.7 Å². The molecule has 1 saturated carbocycles. The smallest absolute Gasteiger partial charge is 0.266 e. The molecule has 0 radical (unpaired) electrons. The fourth-order valence-corrected chi connectivity index (χ4v) is 2.25. The summed E-state index contributed by atoms with van der Waals surface area (Å²) in [7, 11) is 0. The van der Waals surface area contributed by atoms with E-state index in [1.54, 1.807) is 0 Å². The lowest BCUT2D eigenvalue weighted by Gasteiger charge is -2.40. The SMILES string of the molecule is CC(C)N1CCC2(CC2)C(F)(F)C1. The monoisotopic (exact) mass is 189 g/mol. The summed E-state index contributed by atoms with van der Waals surface area (Å²) in [6, 6.07) is 0.252. The minimum atomic E-state index is -2.44. The fourth-order valence-electron chi connectivity index (χ4n) is 2.25. The maximum atomic E-state index is 13.6. The quantitative estimate of drug-likeness (QED) is 0.612. The topological polar surface area (TPSA) is 3.24 Å². The van der Waals surface area contributed by atoms with Crippen LogP contribution in [-0.4, -0.2) is 30.0 Å². The van der Waals surface area contributed by atoms with Crippen LogP contribution in [0.25, 0.3) is 0 Å². The first-order valence-corrected chi connectivity index (χ1v) is 5.09. The number of piperidine rings is 1. The van der Waals surface area contributed by atoms with E-state index in [1.165, 1.54) is 0 Å². The van der Waals surface area contributed by atoms with Crippen LogP contribution in [-0.2, 0) is 0 Å². The Hall–Kier alpha value is -0.180. The summed E-state index contributed by atoms with van der Waals surface area (Å²) in [6.45, 7) is 4.81. The third-order valence-corrected chi connectivity index (χ3v) is 3.64. The number of rotatable bonds is 1. The molecule has 0 bridgehead atoms. The van der Waals surface area contributed by atoms with E-state index in [4.69, 9.17) is 0 Å². The molecule has 2 fully saturated rings. The van der Waals surface area contributed by atoms with Gasteiger partial charge in [0.1, 0.15) is 0 Å². The highest BCUT2D eigenvalue weighted by atomic mass is 19.3. The second kappa shape index (κ2) is 2.66. The van der Waals surface area contributed by atoms with Crippen LogP contribution in [0.3, 0.4) is 0 Å². The van der Waals surface area contributed by atoms with Gasteiger partial charge in [-0.2, -0.15) is 0 Å². The van der Waals surface area contributed by atoms with Gasteiger partial charge in [0.15, 0.2) is 0 Å². The van der Waals surface area contributed by atoms with Crippen molar-refractivity contribution in [2.45, 2.75) is 45.1 Å². The number of alkyl halides is 2. The van der Waals surface area contributed by atoms with Gasteiger partial charge in [0, 0.05) is 11.5 Å². The van der Waals surface area contributed by atoms with Crippen molar-refractivity contribution < 1.29 is 8.78 Å². The summed E-state index contributed by atoms with van der Waals surface area (Å²) < 4.78 is 27.2. The zero-order chi connectivity index (χ0) is 9.69. The predicted octanol–water partition coefficient (Wildman–Crippen LogP) is 2.52. The molecular weight excluding hydrogens is 172 g/mol. The summed E-state index contributed by atoms with van der Waals surface area (Å²) in [5.74, 6) is -2.44. The lowest BCUT2D eigenvalue weighted by molar-refractivity contribution is -0.130. The van der Waals surface area contributed by atoms with E-state index in [2.05, 4.69) is 0 Å². The molecular formula is C10H17F2N. The Morgan fingerprint density at radius 1 is 1.15 bits per heavy atom. The van der Waals surface area contributed by atoms with Crippen molar-refractivity contribution in [3.05, 3.63) is 0 Å². The standard InChI is InChI=1S/C10H17F2N/c1-8(2)13-6-5-9(3-4-9)10(11,12)7-13/h8H,3-7H2,1-2H3. The van der Waals surface area contributed by atoms with E-state index in [0.29, 0.717) is 6.42 Å². The van der Waals surface area contributed by atoms with E-state index in [9.17, 15) is 8.78 Å². The van der Waals surface area contributed by atoms with Gasteiger partial charge in [-0.15, -0.1) is 0 Å². The number of nitrogens with zero attached hydrogens (tertiary/aromatic N) is 1. The number of halogens is 2. The van der Waals surface area contributed by atoms with E-state index >= 15 is 0 Å². The normalized spacial score (nSPS) is 31.2. The lowest BCUT2D eigenvalue weighted by atomic mass is 9.89. The molecule has 1 aliphatic heterocycles. The number of hydrogen-bond acceptors (Lipinski definition) is 1. The molecule has 2 rings (SSSR count). The summed E-state index contributed by atoms with van der Waals surface area (Å²) in [5.41, 5.74) is -0.585. The van der Waals surface area contributed by atoms with Crippen LogP contribution in [0, 0.1) is 5.41 Å². The number of hydrogen-bond donors (Lipinski definition) is 0. The molecule has 0 unspecified atom stereocenters. The molecule has 0 N–H and O–H groups in total. The average molecular weight is 189 g/mol. The molecule has 0 amide bonds. The van der Waals surface area contributed by atoms with E-state index in [0.717, 1.165) is 19.4 Å². The summed E-state index contributed by atoms with van der Waals surface area (Å²) >= 11 is 0. The molecule has 1 nitrogen and oxygen atoms in total. The van der Waals surface area contributed by atoms with Gasteiger partial charge in [0.2, 0.25) is 0 Å². The molecule has 1 spiro atoms. The average Bonchev–Trinajstić information content (AvgIpc) is 2.76. The van der Waals surface area contributed by atoms with Crippen LogP contribution < -0.4 is 0 Å². The molecule has 1 saturated heterocycles. The second-order valence-corrected chi connectivity index (χ2v) is 4.80. The molecule has 0 aromatic carbocycles. The van der Waals surface area contributed by atoms with Gasteiger partial charge >= 0.3 is 0 Å². The Balaban J connectivity index is 2.07. The highest BCUT2D eigenvalue weighted by Gasteiger charge is 2.63. The third-order valence-electron chi connectivity index (χ3n) is 3.64. The Labute approximate surface area is 78.1 Å². The molecule has 1 heterocycles. The predicted molar refractivity (Wildman–Crippen MR) is 47.9 cm³/mol. The van der Waals surface area contributed by atoms with Crippen molar-refractivity contribution in [1.82, 2.24) is 4.90 Å². The Kier molecular flexibility index (Phi) is 1.92. The Morgan fingerprint density at radius 2 is 1.77 bits per heavy atom. The van der Waals surface area contributed by atoms with Crippen molar-refractivity contribution in [3.63, 3.8) is 0 Å². The van der Waals surface area contributed by atoms with Gasteiger partial charge in [-0.25, -0.2) is 8.78 Å². The molecule has 3 heteroatoms. The highest BCUT2D eigenvalue weighted by Crippen LogP contribution is 2.61. The first-order chi connectivity index (χ1) is 5.97. The summed E-state index contributed by atoms with van der Waals surface area (Å²) in [4.78, 5) is 1.89. The second-order valence-electron chi connectivity index (χ2n) is 4.80. The van der Waals surface area contributed by atoms with Crippen LogP contribution in [0.4, 0.5) is 8.78 Å². The Bertz CT molecular complexity index is 209. The molecule has 76 valence electrons. The minimum absolute atomic E-state index is 0.0231. The van der Waals surface area contributed by atoms with Crippen molar-refractivity contribution in [1.29, 1.82) is 0 Å².